The summed E-state index contributed by atoms with van der Waals surface area (Å²) in [6, 6.07) is 9.75. The fraction of sp³-hybridized carbons (Fsp3) is 0.400. The molecule has 1 N–H and O–H groups in total. The van der Waals surface area contributed by atoms with Crippen LogP contribution in [-0.2, 0) is 17.6 Å². The Bertz CT molecular complexity index is 712. The number of amides is 1. The van der Waals surface area contributed by atoms with Crippen molar-refractivity contribution in [1.82, 2.24) is 4.98 Å². The van der Waals surface area contributed by atoms with Gasteiger partial charge in [-0.1, -0.05) is 6.07 Å². The number of hydrogen-bond acceptors (Lipinski definition) is 4. The Kier molecular flexibility index (Phi) is 5.88. The van der Waals surface area contributed by atoms with Crippen LogP contribution in [0.5, 0.6) is 11.5 Å². The van der Waals surface area contributed by atoms with Gasteiger partial charge in [0.25, 0.3) is 0 Å². The van der Waals surface area contributed by atoms with Crippen LogP contribution in [0, 0.1) is 0 Å². The fourth-order valence-electron chi connectivity index (χ4n) is 3.25. The lowest BCUT2D eigenvalue weighted by molar-refractivity contribution is -0.105. The molecule has 0 spiro atoms. The summed E-state index contributed by atoms with van der Waals surface area (Å²) in [5.74, 6) is 1.59. The molecule has 1 aliphatic carbocycles. The summed E-state index contributed by atoms with van der Waals surface area (Å²) >= 11 is 0. The topological polar surface area (TPSA) is 60.5 Å². The second-order valence-corrected chi connectivity index (χ2v) is 6.27. The predicted molar refractivity (Wildman–Crippen MR) is 97.2 cm³/mol. The van der Waals surface area contributed by atoms with Gasteiger partial charge in [0.15, 0.2) is 11.5 Å². The van der Waals surface area contributed by atoms with Gasteiger partial charge in [0, 0.05) is 6.20 Å². The molecule has 5 heteroatoms. The molecule has 0 radical (unpaired) electrons. The number of nitrogens with one attached hydrogen (secondary N) is 1. The van der Waals surface area contributed by atoms with Crippen LogP contribution in [0.4, 0.5) is 5.69 Å². The maximum absolute atomic E-state index is 10.7. The minimum Gasteiger partial charge on any atom is -0.493 e. The molecule has 1 aliphatic rings. The highest BCUT2D eigenvalue weighted by Gasteiger charge is 2.18. The quantitative estimate of drug-likeness (QED) is 0.743. The van der Waals surface area contributed by atoms with Gasteiger partial charge in [0.05, 0.1) is 24.6 Å². The number of rotatable bonds is 8. The van der Waals surface area contributed by atoms with Gasteiger partial charge in [-0.3, -0.25) is 9.78 Å². The molecular weight excluding hydrogens is 316 g/mol. The number of aryl methyl sites for hydroxylation is 2. The highest BCUT2D eigenvalue weighted by molar-refractivity contribution is 5.72. The lowest BCUT2D eigenvalue weighted by Gasteiger charge is -2.17. The van der Waals surface area contributed by atoms with Crippen LogP contribution in [0.2, 0.25) is 0 Å². The zero-order valence-corrected chi connectivity index (χ0v) is 14.5. The smallest absolute Gasteiger partial charge is 0.211 e. The summed E-state index contributed by atoms with van der Waals surface area (Å²) in [5.41, 5.74) is 2.80. The molecule has 0 unspecified atom stereocenters. The Hall–Kier alpha value is -2.56. The van der Waals surface area contributed by atoms with Gasteiger partial charge in [-0.05, 0) is 68.4 Å². The van der Waals surface area contributed by atoms with E-state index < -0.39 is 0 Å². The van der Waals surface area contributed by atoms with Crippen LogP contribution in [-0.4, -0.2) is 24.6 Å². The van der Waals surface area contributed by atoms with E-state index in [0.29, 0.717) is 12.5 Å². The van der Waals surface area contributed by atoms with Crippen molar-refractivity contribution in [3.8, 4) is 11.5 Å². The number of pyridine rings is 1. The normalized spacial score (nSPS) is 14.3. The van der Waals surface area contributed by atoms with Crippen LogP contribution in [0.15, 0.2) is 36.5 Å². The van der Waals surface area contributed by atoms with Crippen LogP contribution in [0.1, 0.15) is 36.9 Å². The Labute approximate surface area is 148 Å². The second-order valence-electron chi connectivity index (χ2n) is 6.27. The van der Waals surface area contributed by atoms with Crippen LogP contribution in [0.25, 0.3) is 0 Å². The van der Waals surface area contributed by atoms with E-state index in [1.807, 2.05) is 18.2 Å². The van der Waals surface area contributed by atoms with Gasteiger partial charge < -0.3 is 14.8 Å². The van der Waals surface area contributed by atoms with Gasteiger partial charge in [0.1, 0.15) is 0 Å². The molecule has 0 bridgehead atoms. The number of methoxy groups -OCH3 is 1. The van der Waals surface area contributed by atoms with Crippen molar-refractivity contribution < 1.29 is 14.3 Å². The molecule has 132 valence electrons. The first-order valence-electron chi connectivity index (χ1n) is 8.78. The maximum atomic E-state index is 10.7. The minimum atomic E-state index is 0.295. The molecule has 5 nitrogen and oxygen atoms in total. The highest BCUT2D eigenvalue weighted by atomic mass is 16.5. The molecule has 0 aliphatic heterocycles. The third-order valence-electron chi connectivity index (χ3n) is 4.58. The summed E-state index contributed by atoms with van der Waals surface area (Å²) in [5, 5.41) is 2.70. The molecule has 1 heterocycles. The Morgan fingerprint density at radius 1 is 1.20 bits per heavy atom. The fourth-order valence-corrected chi connectivity index (χ4v) is 3.25. The van der Waals surface area contributed by atoms with Crippen molar-refractivity contribution in [2.45, 2.75) is 44.6 Å². The second kappa shape index (κ2) is 8.51. The van der Waals surface area contributed by atoms with Crippen molar-refractivity contribution in [2.24, 2.45) is 0 Å². The van der Waals surface area contributed by atoms with Crippen LogP contribution < -0.4 is 14.8 Å². The van der Waals surface area contributed by atoms with E-state index >= 15 is 0 Å². The number of aromatic nitrogens is 1. The van der Waals surface area contributed by atoms with E-state index in [9.17, 15) is 4.79 Å². The Morgan fingerprint density at radius 3 is 2.80 bits per heavy atom. The number of carbonyl (C=O) groups excluding carboxylic acids is 1. The first kappa shape index (κ1) is 17.3. The number of hydrogen-bond donors (Lipinski definition) is 1. The molecule has 1 aromatic heterocycles. The molecule has 0 saturated heterocycles. The standard InChI is InChI=1S/C20H24N2O3/c1-24-19-11-9-15(13-20(19)25-16-5-2-3-6-16)8-10-18-17(22-14-23)7-4-12-21-18/h4,7,9,11-14,16H,2-3,5-6,8,10H2,1H3,(H,22,23). The zero-order chi connectivity index (χ0) is 17.5. The van der Waals surface area contributed by atoms with E-state index in [0.717, 1.165) is 54.1 Å². The van der Waals surface area contributed by atoms with Crippen LogP contribution >= 0.6 is 0 Å². The van der Waals surface area contributed by atoms with Crippen molar-refractivity contribution in [2.75, 3.05) is 12.4 Å². The molecule has 1 amide bonds. The highest BCUT2D eigenvalue weighted by Crippen LogP contribution is 2.32. The minimum absolute atomic E-state index is 0.295. The summed E-state index contributed by atoms with van der Waals surface area (Å²) < 4.78 is 11.6. The van der Waals surface area contributed by atoms with E-state index in [2.05, 4.69) is 22.4 Å². The number of anilines is 1. The zero-order valence-electron chi connectivity index (χ0n) is 14.5. The van der Waals surface area contributed by atoms with Crippen molar-refractivity contribution in [3.05, 3.63) is 47.8 Å². The van der Waals surface area contributed by atoms with Crippen molar-refractivity contribution in [3.63, 3.8) is 0 Å². The van der Waals surface area contributed by atoms with E-state index in [1.165, 1.54) is 12.8 Å². The van der Waals surface area contributed by atoms with Crippen molar-refractivity contribution in [1.29, 1.82) is 0 Å². The van der Waals surface area contributed by atoms with Crippen molar-refractivity contribution >= 4 is 12.1 Å². The molecule has 0 atom stereocenters. The molecule has 1 fully saturated rings. The number of ether oxygens (including phenoxy) is 2. The Morgan fingerprint density at radius 2 is 2.04 bits per heavy atom. The van der Waals surface area contributed by atoms with Gasteiger partial charge in [-0.25, -0.2) is 0 Å². The SMILES string of the molecule is COc1ccc(CCc2ncccc2NC=O)cc1OC1CCCC1. The number of benzene rings is 1. The van der Waals surface area contributed by atoms with Gasteiger partial charge >= 0.3 is 0 Å². The molecular formula is C20H24N2O3. The third-order valence-corrected chi connectivity index (χ3v) is 4.58. The number of nitrogens with zero attached hydrogens (tertiary/aromatic N) is 1. The van der Waals surface area contributed by atoms with E-state index in [1.54, 1.807) is 13.3 Å². The summed E-state index contributed by atoms with van der Waals surface area (Å²) in [6.45, 7) is 0. The lowest BCUT2D eigenvalue weighted by Crippen LogP contribution is -2.12. The molecule has 25 heavy (non-hydrogen) atoms. The Balaban J connectivity index is 1.71. The lowest BCUT2D eigenvalue weighted by atomic mass is 10.1. The average Bonchev–Trinajstić information content (AvgIpc) is 3.14. The molecule has 3 rings (SSSR count). The van der Waals surface area contributed by atoms with Gasteiger partial charge in [-0.2, -0.15) is 0 Å². The average molecular weight is 340 g/mol. The van der Waals surface area contributed by atoms with Gasteiger partial charge in [0.2, 0.25) is 6.41 Å². The summed E-state index contributed by atoms with van der Waals surface area (Å²) in [4.78, 5) is 15.1. The first-order chi connectivity index (χ1) is 12.3. The van der Waals surface area contributed by atoms with Gasteiger partial charge in [-0.15, -0.1) is 0 Å². The first-order valence-corrected chi connectivity index (χ1v) is 8.78. The predicted octanol–water partition coefficient (Wildman–Crippen LogP) is 3.77. The summed E-state index contributed by atoms with van der Waals surface area (Å²) in [6.07, 6.45) is 8.97. The largest absolute Gasteiger partial charge is 0.493 e. The van der Waals surface area contributed by atoms with E-state index in [4.69, 9.17) is 9.47 Å². The van der Waals surface area contributed by atoms with E-state index in [-0.39, 0.29) is 0 Å². The monoisotopic (exact) mass is 340 g/mol. The number of carbonyl (C=O) groups is 1. The molecule has 1 aromatic carbocycles. The maximum Gasteiger partial charge on any atom is 0.211 e. The molecule has 1 saturated carbocycles. The summed E-state index contributed by atoms with van der Waals surface area (Å²) in [7, 11) is 1.67. The molecule has 2 aromatic rings. The third kappa shape index (κ3) is 4.50. The van der Waals surface area contributed by atoms with Crippen LogP contribution in [0.3, 0.4) is 0 Å².